The van der Waals surface area contributed by atoms with E-state index in [1.807, 2.05) is 26.8 Å². The summed E-state index contributed by atoms with van der Waals surface area (Å²) >= 11 is 0. The molecule has 0 aliphatic carbocycles. The van der Waals surface area contributed by atoms with Gasteiger partial charge < -0.3 is 5.73 Å². The van der Waals surface area contributed by atoms with Crippen molar-refractivity contribution in [3.8, 4) is 0 Å². The molecule has 2 rings (SSSR count). The van der Waals surface area contributed by atoms with Gasteiger partial charge in [0.2, 0.25) is 0 Å². The lowest BCUT2D eigenvalue weighted by Crippen LogP contribution is -2.11. The highest BCUT2D eigenvalue weighted by molar-refractivity contribution is 5.91. The lowest BCUT2D eigenvalue weighted by molar-refractivity contribution is 0.576. The van der Waals surface area contributed by atoms with Crippen LogP contribution in [0, 0.1) is 5.82 Å². The molecule has 0 aliphatic rings. The normalized spacial score (nSPS) is 12.0. The van der Waals surface area contributed by atoms with Gasteiger partial charge in [-0.15, -0.1) is 5.10 Å². The largest absolute Gasteiger partial charge is 0.382 e. The van der Waals surface area contributed by atoms with Crippen molar-refractivity contribution < 1.29 is 4.39 Å². The number of anilines is 1. The molecule has 1 aromatic carbocycles. The van der Waals surface area contributed by atoms with Crippen LogP contribution in [0.15, 0.2) is 18.3 Å². The van der Waals surface area contributed by atoms with Gasteiger partial charge in [0.1, 0.15) is 5.82 Å². The van der Waals surface area contributed by atoms with Crippen LogP contribution < -0.4 is 5.73 Å². The number of nitrogen functional groups attached to an aromatic ring is 1. The summed E-state index contributed by atoms with van der Waals surface area (Å²) in [5, 5.41) is 8.42. The third kappa shape index (κ3) is 1.71. The first-order valence-corrected chi connectivity index (χ1v) is 5.10. The van der Waals surface area contributed by atoms with Crippen LogP contribution in [-0.2, 0) is 5.41 Å². The average Bonchev–Trinajstić information content (AvgIpc) is 2.15. The van der Waals surface area contributed by atoms with Crippen molar-refractivity contribution in [3.05, 3.63) is 29.7 Å². The molecule has 1 aromatic heterocycles. The summed E-state index contributed by atoms with van der Waals surface area (Å²) in [6.07, 6.45) is 1.53. The van der Waals surface area contributed by atoms with Crippen molar-refractivity contribution >= 4 is 16.6 Å². The van der Waals surface area contributed by atoms with Crippen LogP contribution >= 0.6 is 0 Å². The van der Waals surface area contributed by atoms with E-state index in [-0.39, 0.29) is 17.1 Å². The maximum absolute atomic E-state index is 13.9. The molecule has 2 aromatic rings. The molecular formula is C12H14FN3. The first-order valence-electron chi connectivity index (χ1n) is 5.10. The Balaban J connectivity index is 2.79. The minimum atomic E-state index is -0.338. The van der Waals surface area contributed by atoms with Crippen LogP contribution in [0.4, 0.5) is 10.2 Å². The monoisotopic (exact) mass is 219 g/mol. The summed E-state index contributed by atoms with van der Waals surface area (Å²) in [5.74, 6) is -0.203. The van der Waals surface area contributed by atoms with Crippen LogP contribution in [0.1, 0.15) is 26.3 Å². The third-order valence-corrected chi connectivity index (χ3v) is 2.61. The van der Waals surface area contributed by atoms with Gasteiger partial charge in [-0.1, -0.05) is 20.8 Å². The number of nitrogens with zero attached hydrogens (tertiary/aromatic N) is 2. The van der Waals surface area contributed by atoms with Gasteiger partial charge >= 0.3 is 0 Å². The number of hydrogen-bond acceptors (Lipinski definition) is 3. The first-order chi connectivity index (χ1) is 7.39. The molecule has 3 nitrogen and oxygen atoms in total. The molecule has 0 saturated carbocycles. The summed E-state index contributed by atoms with van der Waals surface area (Å²) < 4.78 is 13.9. The fourth-order valence-electron chi connectivity index (χ4n) is 1.64. The fraction of sp³-hybridized carbons (Fsp3) is 0.333. The number of halogens is 1. The quantitative estimate of drug-likeness (QED) is 0.741. The van der Waals surface area contributed by atoms with E-state index in [2.05, 4.69) is 10.2 Å². The van der Waals surface area contributed by atoms with Gasteiger partial charge in [0.05, 0.1) is 11.6 Å². The summed E-state index contributed by atoms with van der Waals surface area (Å²) in [4.78, 5) is 0. The van der Waals surface area contributed by atoms with Gasteiger partial charge in [-0.2, -0.15) is 5.10 Å². The van der Waals surface area contributed by atoms with Crippen molar-refractivity contribution in [2.24, 2.45) is 0 Å². The molecule has 0 bridgehead atoms. The highest BCUT2D eigenvalue weighted by atomic mass is 19.1. The standard InChI is InChI=1S/C12H14FN3/c1-12(2,3)8-4-7-6-15-16-11(14)10(7)9(13)5-8/h4-6H,1-3H3,(H2,14,16). The molecule has 0 atom stereocenters. The zero-order chi connectivity index (χ0) is 11.9. The first kappa shape index (κ1) is 10.8. The molecule has 0 amide bonds. The van der Waals surface area contributed by atoms with E-state index >= 15 is 0 Å². The van der Waals surface area contributed by atoms with Crippen molar-refractivity contribution in [1.29, 1.82) is 0 Å². The topological polar surface area (TPSA) is 51.8 Å². The van der Waals surface area contributed by atoms with Gasteiger partial charge in [-0.3, -0.25) is 0 Å². The lowest BCUT2D eigenvalue weighted by Gasteiger charge is -2.19. The maximum atomic E-state index is 13.9. The van der Waals surface area contributed by atoms with E-state index in [1.165, 1.54) is 12.3 Å². The summed E-state index contributed by atoms with van der Waals surface area (Å²) in [6.45, 7) is 6.10. The van der Waals surface area contributed by atoms with Crippen LogP contribution in [0.2, 0.25) is 0 Å². The second kappa shape index (κ2) is 3.40. The molecule has 84 valence electrons. The van der Waals surface area contributed by atoms with Crippen LogP contribution in [-0.4, -0.2) is 10.2 Å². The number of hydrogen-bond donors (Lipinski definition) is 1. The van der Waals surface area contributed by atoms with Crippen LogP contribution in [0.25, 0.3) is 10.8 Å². The zero-order valence-electron chi connectivity index (χ0n) is 9.58. The molecule has 0 radical (unpaired) electrons. The Morgan fingerprint density at radius 2 is 1.94 bits per heavy atom. The minimum absolute atomic E-state index is 0.104. The summed E-state index contributed by atoms with van der Waals surface area (Å²) in [6, 6.07) is 3.42. The molecule has 4 heteroatoms. The highest BCUT2D eigenvalue weighted by Crippen LogP contribution is 2.29. The zero-order valence-corrected chi connectivity index (χ0v) is 9.58. The lowest BCUT2D eigenvalue weighted by atomic mass is 9.86. The second-order valence-corrected chi connectivity index (χ2v) is 4.90. The minimum Gasteiger partial charge on any atom is -0.382 e. The van der Waals surface area contributed by atoms with Gasteiger partial charge in [-0.05, 0) is 23.1 Å². The second-order valence-electron chi connectivity index (χ2n) is 4.90. The molecule has 0 aliphatic heterocycles. The smallest absolute Gasteiger partial charge is 0.156 e. The molecular weight excluding hydrogens is 205 g/mol. The summed E-state index contributed by atoms with van der Waals surface area (Å²) in [5.41, 5.74) is 6.42. The van der Waals surface area contributed by atoms with Crippen molar-refractivity contribution in [1.82, 2.24) is 10.2 Å². The average molecular weight is 219 g/mol. The Bertz CT molecular complexity index is 544. The molecule has 0 saturated heterocycles. The Morgan fingerprint density at radius 3 is 2.56 bits per heavy atom. The fourth-order valence-corrected chi connectivity index (χ4v) is 1.64. The number of aromatic nitrogens is 2. The van der Waals surface area contributed by atoms with Crippen LogP contribution in [0.3, 0.4) is 0 Å². The predicted molar refractivity (Wildman–Crippen MR) is 62.6 cm³/mol. The van der Waals surface area contributed by atoms with Gasteiger partial charge in [-0.25, -0.2) is 4.39 Å². The Kier molecular flexibility index (Phi) is 2.30. The van der Waals surface area contributed by atoms with Gasteiger partial charge in [0.25, 0.3) is 0 Å². The SMILES string of the molecule is CC(C)(C)c1cc(F)c2c(N)nncc2c1. The Hall–Kier alpha value is -1.71. The maximum Gasteiger partial charge on any atom is 0.156 e. The number of benzene rings is 1. The molecule has 1 heterocycles. The summed E-state index contributed by atoms with van der Waals surface area (Å²) in [7, 11) is 0. The van der Waals surface area contributed by atoms with Gasteiger partial charge in [0, 0.05) is 5.39 Å². The Labute approximate surface area is 93.5 Å². The van der Waals surface area contributed by atoms with Crippen LogP contribution in [0.5, 0.6) is 0 Å². The van der Waals surface area contributed by atoms with Crippen molar-refractivity contribution in [3.63, 3.8) is 0 Å². The molecule has 16 heavy (non-hydrogen) atoms. The van der Waals surface area contributed by atoms with E-state index in [4.69, 9.17) is 5.73 Å². The highest BCUT2D eigenvalue weighted by Gasteiger charge is 2.17. The Morgan fingerprint density at radius 1 is 1.25 bits per heavy atom. The molecule has 0 spiro atoms. The number of rotatable bonds is 0. The van der Waals surface area contributed by atoms with Crippen molar-refractivity contribution in [2.75, 3.05) is 5.73 Å². The van der Waals surface area contributed by atoms with E-state index < -0.39 is 0 Å². The molecule has 2 N–H and O–H groups in total. The van der Waals surface area contributed by atoms with Gasteiger partial charge in [0.15, 0.2) is 5.82 Å². The van der Waals surface area contributed by atoms with Crippen molar-refractivity contribution in [2.45, 2.75) is 26.2 Å². The number of nitrogens with two attached hydrogens (primary N) is 1. The van der Waals surface area contributed by atoms with E-state index in [0.717, 1.165) is 5.56 Å². The van der Waals surface area contributed by atoms with E-state index in [9.17, 15) is 4.39 Å². The van der Waals surface area contributed by atoms with E-state index in [0.29, 0.717) is 10.8 Å². The van der Waals surface area contributed by atoms with E-state index in [1.54, 1.807) is 0 Å². The predicted octanol–water partition coefficient (Wildman–Crippen LogP) is 2.65. The number of fused-ring (bicyclic) bond motifs is 1. The molecule has 0 unspecified atom stereocenters. The third-order valence-electron chi connectivity index (χ3n) is 2.61. The molecule has 0 fully saturated rings.